The summed E-state index contributed by atoms with van der Waals surface area (Å²) in [6.45, 7) is 1.94. The Hall–Kier alpha value is -2.12. The minimum Gasteiger partial charge on any atom is -0.368 e. The second-order valence-corrected chi connectivity index (χ2v) is 4.56. The summed E-state index contributed by atoms with van der Waals surface area (Å²) >= 11 is 5.85. The fraction of sp³-hybridized carbons (Fsp3) is 0.214. The largest absolute Gasteiger partial charge is 0.368 e. The predicted molar refractivity (Wildman–Crippen MR) is 74.8 cm³/mol. The molecule has 19 heavy (non-hydrogen) atoms. The number of hydrogen-bond acceptors (Lipinski definition) is 4. The highest BCUT2D eigenvalue weighted by molar-refractivity contribution is 6.30. The van der Waals surface area contributed by atoms with Gasteiger partial charge in [-0.05, 0) is 24.1 Å². The molecule has 0 aliphatic heterocycles. The summed E-state index contributed by atoms with van der Waals surface area (Å²) < 4.78 is 0. The van der Waals surface area contributed by atoms with Crippen molar-refractivity contribution in [3.8, 4) is 6.07 Å². The molecule has 0 unspecified atom stereocenters. The Morgan fingerprint density at radius 1 is 1.21 bits per heavy atom. The van der Waals surface area contributed by atoms with Crippen molar-refractivity contribution in [2.75, 3.05) is 5.73 Å². The minimum absolute atomic E-state index is 0.208. The van der Waals surface area contributed by atoms with Gasteiger partial charge in [-0.3, -0.25) is 0 Å². The number of halogens is 1. The van der Waals surface area contributed by atoms with E-state index < -0.39 is 0 Å². The van der Waals surface area contributed by atoms with Crippen LogP contribution in [0.25, 0.3) is 0 Å². The number of nitrogens with zero attached hydrogens (tertiary/aromatic N) is 3. The van der Waals surface area contributed by atoms with Crippen molar-refractivity contribution in [3.05, 3.63) is 51.8 Å². The van der Waals surface area contributed by atoms with E-state index in [-0.39, 0.29) is 5.95 Å². The summed E-state index contributed by atoms with van der Waals surface area (Å²) in [6, 6.07) is 9.61. The van der Waals surface area contributed by atoms with Gasteiger partial charge >= 0.3 is 0 Å². The molecule has 0 spiro atoms. The summed E-state index contributed by atoms with van der Waals surface area (Å²) in [5, 5.41) is 9.93. The molecular weight excluding hydrogens is 260 g/mol. The van der Waals surface area contributed by atoms with Gasteiger partial charge < -0.3 is 5.73 Å². The van der Waals surface area contributed by atoms with Crippen LogP contribution < -0.4 is 5.73 Å². The molecule has 2 aromatic rings. The second kappa shape index (κ2) is 5.68. The molecule has 96 valence electrons. The molecule has 1 heterocycles. The first kappa shape index (κ1) is 13.3. The van der Waals surface area contributed by atoms with Crippen molar-refractivity contribution in [2.45, 2.75) is 19.8 Å². The summed E-state index contributed by atoms with van der Waals surface area (Å²) in [4.78, 5) is 8.28. The van der Waals surface area contributed by atoms with E-state index in [1.807, 2.05) is 31.2 Å². The van der Waals surface area contributed by atoms with Gasteiger partial charge in [-0.2, -0.15) is 5.26 Å². The zero-order chi connectivity index (χ0) is 13.8. The highest BCUT2D eigenvalue weighted by Crippen LogP contribution is 2.18. The van der Waals surface area contributed by atoms with Crippen molar-refractivity contribution < 1.29 is 0 Å². The Labute approximate surface area is 116 Å². The van der Waals surface area contributed by atoms with Crippen molar-refractivity contribution in [1.29, 1.82) is 5.26 Å². The maximum atomic E-state index is 9.25. The lowest BCUT2D eigenvalue weighted by molar-refractivity contribution is 0.947. The average Bonchev–Trinajstić information content (AvgIpc) is 2.40. The molecule has 0 saturated heterocycles. The number of aromatic nitrogens is 2. The normalized spacial score (nSPS) is 10.2. The minimum atomic E-state index is 0.208. The van der Waals surface area contributed by atoms with E-state index in [2.05, 4.69) is 16.0 Å². The molecule has 1 aromatic heterocycles. The maximum Gasteiger partial charge on any atom is 0.220 e. The van der Waals surface area contributed by atoms with Crippen LogP contribution in [-0.4, -0.2) is 9.97 Å². The highest BCUT2D eigenvalue weighted by Gasteiger charge is 2.12. The van der Waals surface area contributed by atoms with Gasteiger partial charge in [-0.1, -0.05) is 30.7 Å². The van der Waals surface area contributed by atoms with Gasteiger partial charge in [0.05, 0.1) is 17.0 Å². The fourth-order valence-electron chi connectivity index (χ4n) is 1.89. The smallest absolute Gasteiger partial charge is 0.220 e. The number of hydrogen-bond donors (Lipinski definition) is 1. The van der Waals surface area contributed by atoms with E-state index in [4.69, 9.17) is 17.3 Å². The molecule has 0 saturated carbocycles. The van der Waals surface area contributed by atoms with E-state index >= 15 is 0 Å². The molecule has 0 fully saturated rings. The third-order valence-electron chi connectivity index (χ3n) is 2.81. The topological polar surface area (TPSA) is 75.6 Å². The lowest BCUT2D eigenvalue weighted by Gasteiger charge is -2.08. The molecule has 1 aromatic carbocycles. The van der Waals surface area contributed by atoms with Crippen molar-refractivity contribution in [3.63, 3.8) is 0 Å². The van der Waals surface area contributed by atoms with Crippen LogP contribution in [0.1, 0.15) is 29.4 Å². The van der Waals surface area contributed by atoms with Gasteiger partial charge in [0.25, 0.3) is 0 Å². The summed E-state index contributed by atoms with van der Waals surface area (Å²) in [5.74, 6) is 0.208. The molecule has 0 bridgehead atoms. The first-order valence-electron chi connectivity index (χ1n) is 5.93. The quantitative estimate of drug-likeness (QED) is 0.932. The molecule has 0 aliphatic rings. The highest BCUT2D eigenvalue weighted by atomic mass is 35.5. The first-order chi connectivity index (χ1) is 9.13. The Morgan fingerprint density at radius 3 is 2.42 bits per heavy atom. The monoisotopic (exact) mass is 272 g/mol. The van der Waals surface area contributed by atoms with Gasteiger partial charge in [0.15, 0.2) is 0 Å². The Kier molecular flexibility index (Phi) is 3.98. The van der Waals surface area contributed by atoms with Crippen LogP contribution in [0, 0.1) is 11.3 Å². The van der Waals surface area contributed by atoms with Gasteiger partial charge in [-0.15, -0.1) is 0 Å². The SMILES string of the molecule is CCc1nc(N)nc(Cc2ccc(Cl)cc2)c1C#N. The Bertz CT molecular complexity index is 629. The molecule has 0 aliphatic carbocycles. The molecule has 4 nitrogen and oxygen atoms in total. The van der Waals surface area contributed by atoms with Crippen molar-refractivity contribution in [2.24, 2.45) is 0 Å². The molecule has 5 heteroatoms. The molecular formula is C14H13ClN4. The van der Waals surface area contributed by atoms with Crippen LogP contribution >= 0.6 is 11.6 Å². The van der Waals surface area contributed by atoms with Crippen LogP contribution in [0.5, 0.6) is 0 Å². The number of nitriles is 1. The maximum absolute atomic E-state index is 9.25. The number of anilines is 1. The predicted octanol–water partition coefficient (Wildman–Crippen LogP) is 2.74. The average molecular weight is 273 g/mol. The van der Waals surface area contributed by atoms with Crippen molar-refractivity contribution >= 4 is 17.5 Å². The van der Waals surface area contributed by atoms with Crippen LogP contribution in [0.4, 0.5) is 5.95 Å². The number of rotatable bonds is 3. The van der Waals surface area contributed by atoms with E-state index in [0.717, 1.165) is 5.56 Å². The fourth-order valence-corrected chi connectivity index (χ4v) is 2.01. The standard InChI is InChI=1S/C14H13ClN4/c1-2-12-11(8-16)13(19-14(17)18-12)7-9-3-5-10(15)6-4-9/h3-6H,2,7H2,1H3,(H2,17,18,19). The third kappa shape index (κ3) is 3.01. The van der Waals surface area contributed by atoms with Crippen LogP contribution in [0.15, 0.2) is 24.3 Å². The van der Waals surface area contributed by atoms with E-state index in [9.17, 15) is 5.26 Å². The van der Waals surface area contributed by atoms with Gasteiger partial charge in [0, 0.05) is 11.4 Å². The van der Waals surface area contributed by atoms with Crippen LogP contribution in [0.2, 0.25) is 5.02 Å². The van der Waals surface area contributed by atoms with Gasteiger partial charge in [0.1, 0.15) is 6.07 Å². The molecule has 0 atom stereocenters. The number of nitrogen functional groups attached to an aromatic ring is 1. The zero-order valence-corrected chi connectivity index (χ0v) is 11.3. The number of aryl methyl sites for hydroxylation is 1. The number of benzene rings is 1. The zero-order valence-electron chi connectivity index (χ0n) is 10.5. The third-order valence-corrected chi connectivity index (χ3v) is 3.06. The summed E-state index contributed by atoms with van der Waals surface area (Å²) in [7, 11) is 0. The number of nitrogens with two attached hydrogens (primary N) is 1. The van der Waals surface area contributed by atoms with Crippen LogP contribution in [-0.2, 0) is 12.8 Å². The van der Waals surface area contributed by atoms with Gasteiger partial charge in [0.2, 0.25) is 5.95 Å². The molecule has 2 rings (SSSR count). The van der Waals surface area contributed by atoms with E-state index in [1.54, 1.807) is 0 Å². The Balaban J connectivity index is 2.42. The Morgan fingerprint density at radius 2 is 1.84 bits per heavy atom. The molecule has 0 amide bonds. The first-order valence-corrected chi connectivity index (χ1v) is 6.31. The summed E-state index contributed by atoms with van der Waals surface area (Å²) in [5.41, 5.74) is 8.59. The van der Waals surface area contributed by atoms with E-state index in [1.165, 1.54) is 0 Å². The van der Waals surface area contributed by atoms with E-state index in [0.29, 0.717) is 34.8 Å². The van der Waals surface area contributed by atoms with Crippen LogP contribution in [0.3, 0.4) is 0 Å². The lowest BCUT2D eigenvalue weighted by Crippen LogP contribution is -2.07. The van der Waals surface area contributed by atoms with Gasteiger partial charge in [-0.25, -0.2) is 9.97 Å². The summed E-state index contributed by atoms with van der Waals surface area (Å²) in [6.07, 6.45) is 1.20. The molecule has 2 N–H and O–H groups in total. The second-order valence-electron chi connectivity index (χ2n) is 4.12. The lowest BCUT2D eigenvalue weighted by atomic mass is 10.0. The molecule has 0 radical (unpaired) electrons. The van der Waals surface area contributed by atoms with Crippen molar-refractivity contribution in [1.82, 2.24) is 9.97 Å².